The zero-order valence-corrected chi connectivity index (χ0v) is 36.6. The van der Waals surface area contributed by atoms with Crippen LogP contribution >= 0.6 is 8.60 Å². The van der Waals surface area contributed by atoms with Crippen molar-refractivity contribution in [1.82, 2.24) is 0 Å². The summed E-state index contributed by atoms with van der Waals surface area (Å²) in [7, 11) is -1.63. The molecule has 0 fully saturated rings. The highest BCUT2D eigenvalue weighted by Crippen LogP contribution is 2.53. The van der Waals surface area contributed by atoms with E-state index in [1.165, 1.54) is 130 Å². The molecule has 1 aliphatic heterocycles. The van der Waals surface area contributed by atoms with Gasteiger partial charge in [0.25, 0.3) is 0 Å². The fourth-order valence-electron chi connectivity index (χ4n) is 7.05. The lowest BCUT2D eigenvalue weighted by Gasteiger charge is -2.34. The highest BCUT2D eigenvalue weighted by molar-refractivity contribution is 7.42. The highest BCUT2D eigenvalue weighted by atomic mass is 31.2. The first kappa shape index (κ1) is 43.8. The molecule has 1 aliphatic rings. The Morgan fingerprint density at radius 3 is 1.12 bits per heavy atom. The normalized spacial score (nSPS) is 14.4. The Hall–Kier alpha value is -1.57. The van der Waals surface area contributed by atoms with Crippen LogP contribution in [0.2, 0.25) is 0 Å². The fraction of sp³-hybridized carbons (Fsp3) is 0.745. The molecular weight excluding hydrogens is 643 g/mol. The van der Waals surface area contributed by atoms with E-state index in [0.29, 0.717) is 6.61 Å². The molecule has 290 valence electrons. The lowest BCUT2D eigenvalue weighted by Crippen LogP contribution is -2.22. The average molecular weight is 723 g/mol. The maximum Gasteiger partial charge on any atom is 0.463 e. The molecule has 0 radical (unpaired) electrons. The van der Waals surface area contributed by atoms with Crippen LogP contribution in [-0.4, -0.2) is 6.61 Å². The first-order valence-electron chi connectivity index (χ1n) is 21.0. The van der Waals surface area contributed by atoms with E-state index in [9.17, 15) is 0 Å². The van der Waals surface area contributed by atoms with Crippen molar-refractivity contribution < 1.29 is 13.6 Å². The Bertz CT molecular complexity index is 1250. The van der Waals surface area contributed by atoms with Gasteiger partial charge in [-0.2, -0.15) is 0 Å². The number of unbranched alkanes of at least 4 members (excludes halogenated alkanes) is 15. The van der Waals surface area contributed by atoms with Crippen LogP contribution in [0.5, 0.6) is 11.5 Å². The van der Waals surface area contributed by atoms with E-state index < -0.39 is 8.60 Å². The van der Waals surface area contributed by atoms with Gasteiger partial charge in [-0.1, -0.05) is 211 Å². The largest absolute Gasteiger partial charge is 0.463 e. The third-order valence-corrected chi connectivity index (χ3v) is 11.6. The van der Waals surface area contributed by atoms with E-state index in [2.05, 4.69) is 114 Å². The minimum Gasteiger partial charge on any atom is -0.417 e. The van der Waals surface area contributed by atoms with Crippen LogP contribution in [0.15, 0.2) is 24.3 Å². The molecule has 1 heterocycles. The van der Waals surface area contributed by atoms with E-state index >= 15 is 0 Å². The SMILES string of the molecule is CCCCCCCCCCCCCCCCCCOP1Oc2c(cc(C(C)(C)C)cc2C(C)(C)C)Cc2cc(C(C)(C)C)cc(C(C)(C)C)c2O1. The van der Waals surface area contributed by atoms with Crippen LogP contribution in [-0.2, 0) is 32.6 Å². The molecule has 51 heavy (non-hydrogen) atoms. The van der Waals surface area contributed by atoms with Crippen molar-refractivity contribution in [3.05, 3.63) is 57.6 Å². The Morgan fingerprint density at radius 2 is 0.804 bits per heavy atom. The molecular formula is C47H79O3P. The number of benzene rings is 2. The van der Waals surface area contributed by atoms with Crippen LogP contribution in [0, 0.1) is 0 Å². The molecule has 0 bridgehead atoms. The summed E-state index contributed by atoms with van der Waals surface area (Å²) in [5, 5.41) is 0. The van der Waals surface area contributed by atoms with Crippen molar-refractivity contribution in [1.29, 1.82) is 0 Å². The molecule has 0 saturated carbocycles. The van der Waals surface area contributed by atoms with Gasteiger partial charge in [0.15, 0.2) is 0 Å². The summed E-state index contributed by atoms with van der Waals surface area (Å²) in [5.41, 5.74) is 7.50. The van der Waals surface area contributed by atoms with E-state index in [1.807, 2.05) is 0 Å². The molecule has 0 N–H and O–H groups in total. The predicted octanol–water partition coefficient (Wildman–Crippen LogP) is 15.7. The number of hydrogen-bond donors (Lipinski definition) is 0. The molecule has 2 aromatic rings. The lowest BCUT2D eigenvalue weighted by molar-refractivity contribution is 0.253. The van der Waals surface area contributed by atoms with Crippen molar-refractivity contribution in [2.24, 2.45) is 0 Å². The molecule has 2 aromatic carbocycles. The Kier molecular flexibility index (Phi) is 16.9. The predicted molar refractivity (Wildman–Crippen MR) is 224 cm³/mol. The van der Waals surface area contributed by atoms with Gasteiger partial charge in [-0.15, -0.1) is 0 Å². The summed E-state index contributed by atoms with van der Waals surface area (Å²) in [6, 6.07) is 9.53. The van der Waals surface area contributed by atoms with Crippen molar-refractivity contribution in [3.63, 3.8) is 0 Å². The Labute approximate surface area is 317 Å². The number of rotatable bonds is 18. The molecule has 0 aliphatic carbocycles. The number of fused-ring (bicyclic) bond motifs is 2. The van der Waals surface area contributed by atoms with Gasteiger partial charge in [-0.25, -0.2) is 0 Å². The summed E-state index contributed by atoms with van der Waals surface area (Å²) < 4.78 is 20.5. The van der Waals surface area contributed by atoms with Crippen molar-refractivity contribution >= 4 is 8.60 Å². The Balaban J connectivity index is 1.69. The highest BCUT2D eigenvalue weighted by Gasteiger charge is 2.35. The van der Waals surface area contributed by atoms with Crippen LogP contribution in [0.4, 0.5) is 0 Å². The maximum absolute atomic E-state index is 6.93. The summed E-state index contributed by atoms with van der Waals surface area (Å²) in [6.45, 7) is 30.6. The average Bonchev–Trinajstić information content (AvgIpc) is 3.00. The second kappa shape index (κ2) is 19.7. The standard InChI is InChI=1S/C47H79O3P/c1-14-15-16-17-18-19-20-21-22-23-24-25-26-27-28-29-30-48-51-49-42-36(32-38(44(2,3)4)34-40(42)46(8,9)10)31-37-33-39(45(5,6)7)35-41(43(37)50-51)47(11,12)13/h32-35H,14-31H2,1-13H3. The molecule has 0 spiro atoms. The van der Waals surface area contributed by atoms with Crippen LogP contribution in [0.25, 0.3) is 0 Å². The quantitative estimate of drug-likeness (QED) is 0.113. The fourth-order valence-corrected chi connectivity index (χ4v) is 8.20. The summed E-state index contributed by atoms with van der Waals surface area (Å²) in [4.78, 5) is 0. The monoisotopic (exact) mass is 723 g/mol. The van der Waals surface area contributed by atoms with Gasteiger partial charge in [-0.3, -0.25) is 4.52 Å². The van der Waals surface area contributed by atoms with Gasteiger partial charge in [-0.05, 0) is 50.3 Å². The van der Waals surface area contributed by atoms with Crippen LogP contribution < -0.4 is 9.05 Å². The second-order valence-corrected chi connectivity index (χ2v) is 20.8. The van der Waals surface area contributed by atoms with E-state index in [0.717, 1.165) is 24.3 Å². The third-order valence-electron chi connectivity index (χ3n) is 10.6. The van der Waals surface area contributed by atoms with Crippen LogP contribution in [0.1, 0.15) is 226 Å². The van der Waals surface area contributed by atoms with E-state index in [-0.39, 0.29) is 21.7 Å². The van der Waals surface area contributed by atoms with Gasteiger partial charge in [0.1, 0.15) is 11.5 Å². The first-order chi connectivity index (χ1) is 23.8. The van der Waals surface area contributed by atoms with Gasteiger partial charge >= 0.3 is 8.60 Å². The van der Waals surface area contributed by atoms with Gasteiger partial charge in [0, 0.05) is 17.5 Å². The maximum atomic E-state index is 6.93. The zero-order valence-electron chi connectivity index (χ0n) is 35.7. The molecule has 0 atom stereocenters. The topological polar surface area (TPSA) is 27.7 Å². The van der Waals surface area contributed by atoms with E-state index in [1.54, 1.807) is 0 Å². The molecule has 4 heteroatoms. The van der Waals surface area contributed by atoms with Gasteiger partial charge < -0.3 is 9.05 Å². The molecule has 0 unspecified atom stereocenters. The molecule has 0 amide bonds. The second-order valence-electron chi connectivity index (χ2n) is 19.7. The summed E-state index contributed by atoms with van der Waals surface area (Å²) >= 11 is 0. The summed E-state index contributed by atoms with van der Waals surface area (Å²) in [6.07, 6.45) is 22.6. The summed E-state index contributed by atoms with van der Waals surface area (Å²) in [5.74, 6) is 1.91. The van der Waals surface area contributed by atoms with Gasteiger partial charge in [0.2, 0.25) is 0 Å². The lowest BCUT2D eigenvalue weighted by atomic mass is 9.76. The number of hydrogen-bond acceptors (Lipinski definition) is 3. The van der Waals surface area contributed by atoms with E-state index in [4.69, 9.17) is 13.6 Å². The molecule has 3 rings (SSSR count). The van der Waals surface area contributed by atoms with Gasteiger partial charge in [0.05, 0.1) is 6.61 Å². The Morgan fingerprint density at radius 1 is 0.471 bits per heavy atom. The van der Waals surface area contributed by atoms with Crippen molar-refractivity contribution in [2.45, 2.75) is 221 Å². The smallest absolute Gasteiger partial charge is 0.417 e. The minimum absolute atomic E-state index is 0.0228. The third kappa shape index (κ3) is 14.3. The minimum atomic E-state index is -1.63. The molecule has 0 aromatic heterocycles. The molecule has 0 saturated heterocycles. The molecule has 3 nitrogen and oxygen atoms in total. The van der Waals surface area contributed by atoms with Crippen molar-refractivity contribution in [3.8, 4) is 11.5 Å². The first-order valence-corrected chi connectivity index (χ1v) is 22.1. The van der Waals surface area contributed by atoms with Crippen LogP contribution in [0.3, 0.4) is 0 Å². The zero-order chi connectivity index (χ0) is 37.9. The van der Waals surface area contributed by atoms with Crippen molar-refractivity contribution in [2.75, 3.05) is 6.61 Å².